The zero-order valence-electron chi connectivity index (χ0n) is 14.0. The Morgan fingerprint density at radius 2 is 2.04 bits per heavy atom. The van der Waals surface area contributed by atoms with Gasteiger partial charge in [-0.15, -0.1) is 0 Å². The van der Waals surface area contributed by atoms with Gasteiger partial charge in [0, 0.05) is 23.2 Å². The Hall–Kier alpha value is -1.20. The molecule has 5 heteroatoms. The number of benzene rings is 1. The van der Waals surface area contributed by atoms with Crippen LogP contribution in [-0.4, -0.2) is 29.1 Å². The summed E-state index contributed by atoms with van der Waals surface area (Å²) in [6.07, 6.45) is 1.31. The van der Waals surface area contributed by atoms with Gasteiger partial charge in [-0.3, -0.25) is 4.79 Å². The molecule has 130 valence electrons. The van der Waals surface area contributed by atoms with Crippen LogP contribution in [-0.2, 0) is 9.53 Å². The van der Waals surface area contributed by atoms with Gasteiger partial charge >= 0.3 is 5.97 Å². The number of hydrogen-bond acceptors (Lipinski definition) is 4. The third-order valence-corrected chi connectivity index (χ3v) is 6.17. The van der Waals surface area contributed by atoms with Gasteiger partial charge in [0.2, 0.25) is 0 Å². The van der Waals surface area contributed by atoms with Crippen LogP contribution in [0.15, 0.2) is 28.7 Å². The Bertz CT molecular complexity index is 639. The first kappa shape index (κ1) is 17.6. The van der Waals surface area contributed by atoms with E-state index < -0.39 is 5.60 Å². The molecule has 0 radical (unpaired) electrons. The van der Waals surface area contributed by atoms with Gasteiger partial charge in [0.15, 0.2) is 0 Å². The highest BCUT2D eigenvalue weighted by atomic mass is 79.9. The van der Waals surface area contributed by atoms with Crippen molar-refractivity contribution in [2.75, 3.05) is 6.61 Å². The van der Waals surface area contributed by atoms with Gasteiger partial charge in [0.1, 0.15) is 5.78 Å². The Morgan fingerprint density at radius 1 is 1.38 bits per heavy atom. The highest BCUT2D eigenvalue weighted by Crippen LogP contribution is 2.54. The highest BCUT2D eigenvalue weighted by Gasteiger charge is 2.57. The lowest BCUT2D eigenvalue weighted by molar-refractivity contribution is -0.134. The van der Waals surface area contributed by atoms with Gasteiger partial charge in [-0.05, 0) is 48.4 Å². The van der Waals surface area contributed by atoms with E-state index in [-0.39, 0.29) is 36.6 Å². The molecule has 3 rings (SSSR count). The maximum atomic E-state index is 12.2. The molecule has 0 unspecified atom stereocenters. The zero-order valence-corrected chi connectivity index (χ0v) is 15.6. The van der Waals surface area contributed by atoms with Crippen LogP contribution >= 0.6 is 15.9 Å². The molecule has 1 N–H and O–H groups in total. The maximum Gasteiger partial charge on any atom is 0.338 e. The molecule has 4 atom stereocenters. The number of Topliss-reactive ketones (excluding diaryl/α,β-unsaturated/α-hetero) is 1. The number of ether oxygens (including phenoxy) is 1. The summed E-state index contributed by atoms with van der Waals surface area (Å²) in [5.41, 5.74) is -0.528. The van der Waals surface area contributed by atoms with E-state index in [4.69, 9.17) is 4.74 Å². The summed E-state index contributed by atoms with van der Waals surface area (Å²) < 4.78 is 6.39. The maximum absolute atomic E-state index is 12.2. The first-order valence-corrected chi connectivity index (χ1v) is 9.26. The molecule has 1 aromatic rings. The summed E-state index contributed by atoms with van der Waals surface area (Å²) in [6, 6.07) is 7.00. The van der Waals surface area contributed by atoms with Crippen molar-refractivity contribution in [3.63, 3.8) is 0 Å². The quantitative estimate of drug-likeness (QED) is 0.792. The van der Waals surface area contributed by atoms with E-state index in [0.717, 1.165) is 4.47 Å². The number of hydrogen-bond donors (Lipinski definition) is 1. The molecule has 24 heavy (non-hydrogen) atoms. The van der Waals surface area contributed by atoms with Crippen LogP contribution in [0.5, 0.6) is 0 Å². The minimum absolute atomic E-state index is 0.106. The van der Waals surface area contributed by atoms with Crippen molar-refractivity contribution in [2.45, 2.75) is 38.7 Å². The lowest BCUT2D eigenvalue weighted by atomic mass is 9.73. The number of fused-ring (bicyclic) bond motifs is 2. The van der Waals surface area contributed by atoms with Crippen molar-refractivity contribution in [3.05, 3.63) is 34.3 Å². The third-order valence-electron chi connectivity index (χ3n) is 5.64. The van der Waals surface area contributed by atoms with Crippen molar-refractivity contribution in [1.82, 2.24) is 0 Å². The summed E-state index contributed by atoms with van der Waals surface area (Å²) in [4.78, 5) is 24.2. The molecular weight excluding hydrogens is 372 g/mol. The number of carbonyl (C=O) groups excluding carboxylic acids is 2. The fourth-order valence-corrected chi connectivity index (χ4v) is 4.69. The van der Waals surface area contributed by atoms with Crippen LogP contribution in [0.1, 0.15) is 43.5 Å². The van der Waals surface area contributed by atoms with Crippen LogP contribution in [0, 0.1) is 23.7 Å². The van der Waals surface area contributed by atoms with E-state index >= 15 is 0 Å². The summed E-state index contributed by atoms with van der Waals surface area (Å²) in [5, 5.41) is 11.0. The topological polar surface area (TPSA) is 63.6 Å². The molecule has 0 aromatic heterocycles. The van der Waals surface area contributed by atoms with Crippen LogP contribution in [0.4, 0.5) is 0 Å². The van der Waals surface area contributed by atoms with Gasteiger partial charge < -0.3 is 9.84 Å². The summed E-state index contributed by atoms with van der Waals surface area (Å²) >= 11 is 3.34. The van der Waals surface area contributed by atoms with Crippen LogP contribution in [0.3, 0.4) is 0 Å². The third kappa shape index (κ3) is 3.29. The summed E-state index contributed by atoms with van der Waals surface area (Å²) in [5.74, 6) is 0.401. The summed E-state index contributed by atoms with van der Waals surface area (Å²) in [6.45, 7) is 4.43. The Morgan fingerprint density at radius 3 is 2.67 bits per heavy atom. The lowest BCUT2D eigenvalue weighted by Crippen LogP contribution is -2.44. The Labute approximate surface area is 150 Å². The number of aliphatic hydroxyl groups is 1. The van der Waals surface area contributed by atoms with E-state index in [1.54, 1.807) is 24.3 Å². The van der Waals surface area contributed by atoms with E-state index in [1.165, 1.54) is 0 Å². The van der Waals surface area contributed by atoms with Gasteiger partial charge in [0.25, 0.3) is 0 Å². The SMILES string of the molecule is CC(C)[C@@H]1C[C@]2(O)CC(=O)C[C@H]1[C@H]2COC(=O)c1ccc(Br)cc1. The molecule has 0 saturated heterocycles. The van der Waals surface area contributed by atoms with Crippen LogP contribution in [0.2, 0.25) is 0 Å². The fourth-order valence-electron chi connectivity index (χ4n) is 4.42. The standard InChI is InChI=1S/C19H23BrO4/c1-11(2)16-9-19(23)8-14(21)7-15(16)17(19)10-24-18(22)12-3-5-13(20)6-4-12/h3-6,11,15-17,23H,7-10H2,1-2H3/t15-,16+,17-,19-/m1/s1. The van der Waals surface area contributed by atoms with Crippen LogP contribution in [0.25, 0.3) is 0 Å². The lowest BCUT2D eigenvalue weighted by Gasteiger charge is -2.36. The van der Waals surface area contributed by atoms with Crippen molar-refractivity contribution < 1.29 is 19.4 Å². The predicted octanol–water partition coefficient (Wildman–Crippen LogP) is 3.61. The average Bonchev–Trinajstić information content (AvgIpc) is 2.68. The molecular formula is C19H23BrO4. The van der Waals surface area contributed by atoms with E-state index in [2.05, 4.69) is 29.8 Å². The number of esters is 1. The number of halogens is 1. The van der Waals surface area contributed by atoms with Crippen molar-refractivity contribution in [1.29, 1.82) is 0 Å². The Balaban J connectivity index is 1.71. The van der Waals surface area contributed by atoms with E-state index in [9.17, 15) is 14.7 Å². The zero-order chi connectivity index (χ0) is 17.5. The molecule has 0 aliphatic heterocycles. The average molecular weight is 395 g/mol. The number of rotatable bonds is 4. The fraction of sp³-hybridized carbons (Fsp3) is 0.579. The van der Waals surface area contributed by atoms with Crippen molar-refractivity contribution in [3.8, 4) is 0 Å². The smallest absolute Gasteiger partial charge is 0.338 e. The van der Waals surface area contributed by atoms with Gasteiger partial charge in [0.05, 0.1) is 17.8 Å². The molecule has 2 bridgehead atoms. The first-order valence-electron chi connectivity index (χ1n) is 8.47. The molecule has 2 aliphatic rings. The number of carbonyl (C=O) groups is 2. The second kappa shape index (κ2) is 6.60. The number of ketones is 1. The summed E-state index contributed by atoms with van der Waals surface area (Å²) in [7, 11) is 0. The predicted molar refractivity (Wildman–Crippen MR) is 93.5 cm³/mol. The minimum Gasteiger partial charge on any atom is -0.462 e. The molecule has 4 nitrogen and oxygen atoms in total. The second-order valence-electron chi connectivity index (χ2n) is 7.51. The van der Waals surface area contributed by atoms with Crippen molar-refractivity contribution >= 4 is 27.7 Å². The largest absolute Gasteiger partial charge is 0.462 e. The second-order valence-corrected chi connectivity index (χ2v) is 8.43. The first-order chi connectivity index (χ1) is 11.3. The minimum atomic E-state index is -1.02. The highest BCUT2D eigenvalue weighted by molar-refractivity contribution is 9.10. The molecule has 1 aromatic carbocycles. The molecule has 0 amide bonds. The van der Waals surface area contributed by atoms with Gasteiger partial charge in [-0.1, -0.05) is 29.8 Å². The monoisotopic (exact) mass is 394 g/mol. The van der Waals surface area contributed by atoms with Crippen LogP contribution < -0.4 is 0 Å². The molecule has 2 saturated carbocycles. The molecule has 2 aliphatic carbocycles. The normalized spacial score (nSPS) is 32.2. The molecule has 0 spiro atoms. The van der Waals surface area contributed by atoms with E-state index in [1.807, 2.05) is 0 Å². The van der Waals surface area contributed by atoms with Crippen molar-refractivity contribution in [2.24, 2.45) is 23.7 Å². The Kier molecular flexibility index (Phi) is 4.85. The van der Waals surface area contributed by atoms with Gasteiger partial charge in [-0.2, -0.15) is 0 Å². The molecule has 2 fully saturated rings. The van der Waals surface area contributed by atoms with Gasteiger partial charge in [-0.25, -0.2) is 4.79 Å². The van der Waals surface area contributed by atoms with E-state index in [0.29, 0.717) is 30.2 Å². The molecule has 0 heterocycles.